The second kappa shape index (κ2) is 13.5. The summed E-state index contributed by atoms with van der Waals surface area (Å²) in [5, 5.41) is 3.57. The smallest absolute Gasteiger partial charge is 0.198 e. The molecule has 29 heavy (non-hydrogen) atoms. The molecule has 1 aliphatic rings. The Bertz CT molecular complexity index is 585. The van der Waals surface area contributed by atoms with Crippen molar-refractivity contribution < 1.29 is 4.74 Å². The van der Waals surface area contributed by atoms with Gasteiger partial charge in [0.05, 0.1) is 6.61 Å². The van der Waals surface area contributed by atoms with E-state index < -0.39 is 0 Å². The first-order chi connectivity index (χ1) is 14.1. The molecule has 0 spiro atoms. The van der Waals surface area contributed by atoms with Gasteiger partial charge in [-0.2, -0.15) is 0 Å². The molecule has 2 rings (SSSR count). The van der Waals surface area contributed by atoms with Crippen LogP contribution in [0.4, 0.5) is 5.69 Å². The van der Waals surface area contributed by atoms with Gasteiger partial charge in [-0.05, 0) is 81.7 Å². The van der Waals surface area contributed by atoms with Crippen LogP contribution in [0.5, 0.6) is 5.75 Å². The molecule has 0 radical (unpaired) electrons. The third kappa shape index (κ3) is 8.65. The van der Waals surface area contributed by atoms with Crippen LogP contribution in [0.25, 0.3) is 0 Å². The van der Waals surface area contributed by atoms with Crippen molar-refractivity contribution in [2.75, 3.05) is 31.6 Å². The van der Waals surface area contributed by atoms with Gasteiger partial charge in [-0.1, -0.05) is 27.2 Å². The molecule has 0 aromatic heterocycles. The number of nitrogens with zero attached hydrogens (tertiary/aromatic N) is 2. The maximum absolute atomic E-state index is 5.90. The second-order valence-electron chi connectivity index (χ2n) is 8.49. The van der Waals surface area contributed by atoms with Gasteiger partial charge in [-0.15, -0.1) is 0 Å². The van der Waals surface area contributed by atoms with Gasteiger partial charge in [-0.3, -0.25) is 4.99 Å². The van der Waals surface area contributed by atoms with Gasteiger partial charge in [0, 0.05) is 24.8 Å². The average Bonchev–Trinajstić information content (AvgIpc) is 2.73. The molecule has 0 aliphatic carbocycles. The number of guanidine groups is 1. The number of benzene rings is 1. The van der Waals surface area contributed by atoms with E-state index in [1.165, 1.54) is 32.1 Å². The van der Waals surface area contributed by atoms with Crippen LogP contribution in [-0.2, 0) is 0 Å². The fourth-order valence-corrected chi connectivity index (χ4v) is 3.79. The minimum atomic E-state index is 0.571. The zero-order chi connectivity index (χ0) is 20.9. The van der Waals surface area contributed by atoms with Crippen LogP contribution in [0.15, 0.2) is 29.3 Å². The third-order valence-corrected chi connectivity index (χ3v) is 5.55. The molecular formula is C24H42N4O. The van der Waals surface area contributed by atoms with E-state index in [1.807, 2.05) is 0 Å². The molecule has 1 fully saturated rings. The van der Waals surface area contributed by atoms with Crippen molar-refractivity contribution in [3.8, 4) is 5.75 Å². The summed E-state index contributed by atoms with van der Waals surface area (Å²) in [4.78, 5) is 7.31. The maximum atomic E-state index is 5.90. The maximum Gasteiger partial charge on any atom is 0.198 e. The van der Waals surface area contributed by atoms with Gasteiger partial charge in [-0.25, -0.2) is 0 Å². The van der Waals surface area contributed by atoms with Crippen LogP contribution < -0.4 is 15.8 Å². The molecule has 1 heterocycles. The van der Waals surface area contributed by atoms with Crippen LogP contribution in [0.3, 0.4) is 0 Å². The van der Waals surface area contributed by atoms with E-state index in [1.54, 1.807) is 0 Å². The van der Waals surface area contributed by atoms with E-state index in [0.29, 0.717) is 12.6 Å². The number of aliphatic imine (C=N–C) groups is 1. The Morgan fingerprint density at radius 1 is 1.21 bits per heavy atom. The molecule has 1 aromatic carbocycles. The summed E-state index contributed by atoms with van der Waals surface area (Å²) in [6, 6.07) is 8.85. The first-order valence-corrected chi connectivity index (χ1v) is 11.6. The van der Waals surface area contributed by atoms with Crippen LogP contribution in [-0.4, -0.2) is 43.1 Å². The molecular weight excluding hydrogens is 360 g/mol. The van der Waals surface area contributed by atoms with Crippen molar-refractivity contribution in [2.24, 2.45) is 16.6 Å². The summed E-state index contributed by atoms with van der Waals surface area (Å²) in [7, 11) is 0. The monoisotopic (exact) mass is 402 g/mol. The fourth-order valence-electron chi connectivity index (χ4n) is 3.79. The lowest BCUT2D eigenvalue weighted by atomic mass is 10.0. The third-order valence-electron chi connectivity index (χ3n) is 5.55. The quantitative estimate of drug-likeness (QED) is 0.300. The van der Waals surface area contributed by atoms with E-state index in [0.717, 1.165) is 62.3 Å². The zero-order valence-electron chi connectivity index (χ0n) is 18.8. The molecule has 5 nitrogen and oxygen atoms in total. The highest BCUT2D eigenvalue weighted by molar-refractivity contribution is 5.94. The summed E-state index contributed by atoms with van der Waals surface area (Å²) in [6.07, 6.45) is 9.48. The van der Waals surface area contributed by atoms with Gasteiger partial charge in [0.25, 0.3) is 0 Å². The lowest BCUT2D eigenvalue weighted by molar-refractivity contribution is 0.234. The molecule has 0 amide bonds. The Morgan fingerprint density at radius 3 is 2.69 bits per heavy atom. The number of hydrogen-bond donors (Lipinski definition) is 2. The Morgan fingerprint density at radius 2 is 2.00 bits per heavy atom. The van der Waals surface area contributed by atoms with Crippen molar-refractivity contribution in [3.05, 3.63) is 24.3 Å². The van der Waals surface area contributed by atoms with Crippen molar-refractivity contribution in [2.45, 2.75) is 78.2 Å². The standard InChI is InChI=1S/C24H42N4O/c1-4-22-11-5-7-18-28(22)24(26-17-9-16-25)27-21-12-14-23(15-13-21)29-19-8-6-10-20(2)3/h12-15,20,22H,4-11,16-19,25H2,1-3H3,(H,26,27). The highest BCUT2D eigenvalue weighted by Gasteiger charge is 2.24. The molecule has 0 saturated carbocycles. The Balaban J connectivity index is 1.93. The van der Waals surface area contributed by atoms with Crippen molar-refractivity contribution in [1.29, 1.82) is 0 Å². The molecule has 3 N–H and O–H groups in total. The molecule has 1 atom stereocenters. The number of ether oxygens (including phenoxy) is 1. The molecule has 1 saturated heterocycles. The first-order valence-electron chi connectivity index (χ1n) is 11.6. The lowest BCUT2D eigenvalue weighted by Gasteiger charge is -2.37. The van der Waals surface area contributed by atoms with Gasteiger partial charge in [0.1, 0.15) is 5.75 Å². The molecule has 1 aromatic rings. The van der Waals surface area contributed by atoms with E-state index in [2.05, 4.69) is 55.3 Å². The van der Waals surface area contributed by atoms with Gasteiger partial charge in [0.2, 0.25) is 0 Å². The highest BCUT2D eigenvalue weighted by atomic mass is 16.5. The van der Waals surface area contributed by atoms with Crippen LogP contribution in [0.1, 0.15) is 72.1 Å². The Kier molecular flexibility index (Phi) is 10.9. The number of hydrogen-bond acceptors (Lipinski definition) is 3. The number of nitrogens with one attached hydrogen (secondary N) is 1. The average molecular weight is 403 g/mol. The lowest BCUT2D eigenvalue weighted by Crippen LogP contribution is -2.46. The molecule has 164 valence electrons. The molecule has 0 bridgehead atoms. The van der Waals surface area contributed by atoms with Crippen molar-refractivity contribution >= 4 is 11.6 Å². The number of anilines is 1. The largest absolute Gasteiger partial charge is 0.494 e. The predicted octanol–water partition coefficient (Wildman–Crippen LogP) is 5.27. The molecule has 1 unspecified atom stereocenters. The topological polar surface area (TPSA) is 62.9 Å². The number of unbranched alkanes of at least 4 members (excludes halogenated alkanes) is 1. The Labute approximate surface area is 178 Å². The predicted molar refractivity (Wildman–Crippen MR) is 125 cm³/mol. The highest BCUT2D eigenvalue weighted by Crippen LogP contribution is 2.22. The number of likely N-dealkylation sites (tertiary alicyclic amines) is 1. The van der Waals surface area contributed by atoms with E-state index in [9.17, 15) is 0 Å². The zero-order valence-corrected chi connectivity index (χ0v) is 18.8. The normalized spacial score (nSPS) is 17.6. The van der Waals surface area contributed by atoms with Gasteiger partial charge >= 0.3 is 0 Å². The van der Waals surface area contributed by atoms with Crippen LogP contribution >= 0.6 is 0 Å². The minimum Gasteiger partial charge on any atom is -0.494 e. The van der Waals surface area contributed by atoms with Crippen LogP contribution in [0, 0.1) is 5.92 Å². The summed E-state index contributed by atoms with van der Waals surface area (Å²) in [6.45, 7) is 10.1. The van der Waals surface area contributed by atoms with Gasteiger partial charge in [0.15, 0.2) is 5.96 Å². The van der Waals surface area contributed by atoms with E-state index in [-0.39, 0.29) is 0 Å². The Hall–Kier alpha value is -1.75. The number of rotatable bonds is 11. The summed E-state index contributed by atoms with van der Waals surface area (Å²) in [5.74, 6) is 2.70. The van der Waals surface area contributed by atoms with Crippen LogP contribution in [0.2, 0.25) is 0 Å². The summed E-state index contributed by atoms with van der Waals surface area (Å²) >= 11 is 0. The van der Waals surface area contributed by atoms with E-state index in [4.69, 9.17) is 15.5 Å². The van der Waals surface area contributed by atoms with Crippen molar-refractivity contribution in [1.82, 2.24) is 4.90 Å². The summed E-state index contributed by atoms with van der Waals surface area (Å²) in [5.41, 5.74) is 6.73. The fraction of sp³-hybridized carbons (Fsp3) is 0.708. The van der Waals surface area contributed by atoms with Crippen molar-refractivity contribution in [3.63, 3.8) is 0 Å². The number of piperidine rings is 1. The second-order valence-corrected chi connectivity index (χ2v) is 8.49. The summed E-state index contributed by atoms with van der Waals surface area (Å²) < 4.78 is 5.90. The first kappa shape index (κ1) is 23.5. The van der Waals surface area contributed by atoms with E-state index >= 15 is 0 Å². The SMILES string of the molecule is CCC1CCCCN1C(=NCCCN)Nc1ccc(OCCCCC(C)C)cc1. The minimum absolute atomic E-state index is 0.571. The van der Waals surface area contributed by atoms with Gasteiger partial charge < -0.3 is 20.7 Å². The molecule has 1 aliphatic heterocycles. The number of nitrogens with two attached hydrogens (primary N) is 1. The molecule has 5 heteroatoms.